The number of aliphatic hydroxyl groups excluding tert-OH is 1. The summed E-state index contributed by atoms with van der Waals surface area (Å²) in [6.07, 6.45) is 3.12. The number of nitrogens with zero attached hydrogens (tertiary/aromatic N) is 2. The number of carbonyl (C=O) groups excluding carboxylic acids is 2. The van der Waals surface area contributed by atoms with E-state index in [1.165, 1.54) is 16.7 Å². The molecule has 2 bridgehead atoms. The second-order valence-corrected chi connectivity index (χ2v) is 13.5. The minimum absolute atomic E-state index is 0.0122. The summed E-state index contributed by atoms with van der Waals surface area (Å²) >= 11 is 1.53. The van der Waals surface area contributed by atoms with Crippen LogP contribution in [0, 0.1) is 23.2 Å². The van der Waals surface area contributed by atoms with Crippen LogP contribution in [0.15, 0.2) is 12.7 Å². The SMILES string of the molecule is C=CCN(C(=O)C1N([C@H](C)CO)C(=O)[C@@H]2[C@@H](C(=O)O)[C@H]3CC(C)C12S3)C(C)(C)CC(C)(C)C. The first-order chi connectivity index (χ1) is 15.1. The van der Waals surface area contributed by atoms with Crippen molar-refractivity contribution >= 4 is 29.5 Å². The maximum absolute atomic E-state index is 14.4. The van der Waals surface area contributed by atoms with Crippen LogP contribution in [-0.2, 0) is 14.4 Å². The highest BCUT2D eigenvalue weighted by Gasteiger charge is 2.77. The summed E-state index contributed by atoms with van der Waals surface area (Å²) < 4.78 is -0.803. The van der Waals surface area contributed by atoms with E-state index >= 15 is 0 Å². The monoisotopic (exact) mass is 480 g/mol. The number of aliphatic hydroxyl groups is 1. The van der Waals surface area contributed by atoms with Gasteiger partial charge in [-0.15, -0.1) is 18.3 Å². The zero-order valence-electron chi connectivity index (χ0n) is 21.0. The predicted octanol–water partition coefficient (Wildman–Crippen LogP) is 3.02. The van der Waals surface area contributed by atoms with Crippen molar-refractivity contribution in [1.82, 2.24) is 9.80 Å². The highest BCUT2D eigenvalue weighted by molar-refractivity contribution is 8.02. The predicted molar refractivity (Wildman–Crippen MR) is 130 cm³/mol. The molecule has 3 unspecified atom stereocenters. The Labute approximate surface area is 202 Å². The fourth-order valence-electron chi connectivity index (χ4n) is 6.89. The first-order valence-electron chi connectivity index (χ1n) is 11.9. The Morgan fingerprint density at radius 3 is 2.42 bits per heavy atom. The van der Waals surface area contributed by atoms with Gasteiger partial charge in [-0.25, -0.2) is 0 Å². The van der Waals surface area contributed by atoms with Gasteiger partial charge in [0.05, 0.1) is 29.2 Å². The lowest BCUT2D eigenvalue weighted by Gasteiger charge is -2.47. The molecule has 3 saturated heterocycles. The molecule has 0 aliphatic carbocycles. The Morgan fingerprint density at radius 2 is 1.94 bits per heavy atom. The lowest BCUT2D eigenvalue weighted by molar-refractivity contribution is -0.150. The number of hydrogen-bond donors (Lipinski definition) is 2. The van der Waals surface area contributed by atoms with E-state index in [9.17, 15) is 24.6 Å². The summed E-state index contributed by atoms with van der Waals surface area (Å²) in [4.78, 5) is 43.7. The second kappa shape index (κ2) is 8.59. The van der Waals surface area contributed by atoms with Crippen molar-refractivity contribution in [2.45, 2.75) is 88.9 Å². The molecule has 0 radical (unpaired) electrons. The summed E-state index contributed by atoms with van der Waals surface area (Å²) in [6, 6.07) is -1.39. The Hall–Kier alpha value is -1.54. The van der Waals surface area contributed by atoms with Gasteiger partial charge in [0.15, 0.2) is 0 Å². The first-order valence-corrected chi connectivity index (χ1v) is 12.8. The molecule has 0 aromatic rings. The minimum atomic E-state index is -0.972. The molecule has 2 N–H and O–H groups in total. The van der Waals surface area contributed by atoms with Gasteiger partial charge >= 0.3 is 5.97 Å². The topological polar surface area (TPSA) is 98.2 Å². The van der Waals surface area contributed by atoms with Crippen LogP contribution in [0.5, 0.6) is 0 Å². The molecule has 3 aliphatic rings. The third-order valence-electron chi connectivity index (χ3n) is 7.71. The third-order valence-corrected chi connectivity index (χ3v) is 9.79. The molecule has 1 spiro atoms. The molecule has 3 rings (SSSR count). The van der Waals surface area contributed by atoms with Crippen LogP contribution in [0.3, 0.4) is 0 Å². The molecule has 0 aromatic carbocycles. The number of amides is 2. The Balaban J connectivity index is 2.14. The quantitative estimate of drug-likeness (QED) is 0.518. The molecule has 7 nitrogen and oxygen atoms in total. The van der Waals surface area contributed by atoms with Crippen LogP contribution >= 0.6 is 11.8 Å². The molecule has 33 heavy (non-hydrogen) atoms. The van der Waals surface area contributed by atoms with Crippen LogP contribution in [0.4, 0.5) is 0 Å². The average Bonchev–Trinajstić information content (AvgIpc) is 3.26. The highest BCUT2D eigenvalue weighted by Crippen LogP contribution is 2.69. The molecule has 7 atom stereocenters. The van der Waals surface area contributed by atoms with Gasteiger partial charge in [0.2, 0.25) is 11.8 Å². The second-order valence-electron chi connectivity index (χ2n) is 12.0. The summed E-state index contributed by atoms with van der Waals surface area (Å²) in [5, 5.41) is 19.8. The van der Waals surface area contributed by atoms with Crippen LogP contribution in [0.2, 0.25) is 0 Å². The highest BCUT2D eigenvalue weighted by atomic mass is 32.2. The molecule has 3 heterocycles. The van der Waals surface area contributed by atoms with Crippen LogP contribution in [-0.4, -0.2) is 78.6 Å². The lowest BCUT2D eigenvalue weighted by Crippen LogP contribution is -2.62. The van der Waals surface area contributed by atoms with Crippen LogP contribution in [0.25, 0.3) is 0 Å². The number of carboxylic acids is 1. The minimum Gasteiger partial charge on any atom is -0.481 e. The van der Waals surface area contributed by atoms with Gasteiger partial charge in [-0.3, -0.25) is 14.4 Å². The van der Waals surface area contributed by atoms with Crippen molar-refractivity contribution in [3.05, 3.63) is 12.7 Å². The van der Waals surface area contributed by atoms with E-state index in [1.807, 2.05) is 25.7 Å². The van der Waals surface area contributed by atoms with Crippen LogP contribution < -0.4 is 0 Å². The van der Waals surface area contributed by atoms with E-state index in [0.717, 1.165) is 6.42 Å². The average molecular weight is 481 g/mol. The summed E-state index contributed by atoms with van der Waals surface area (Å²) in [5.74, 6) is -3.01. The van der Waals surface area contributed by atoms with Crippen LogP contribution in [0.1, 0.15) is 61.3 Å². The zero-order valence-corrected chi connectivity index (χ0v) is 21.8. The molecule has 8 heteroatoms. The maximum Gasteiger partial charge on any atom is 0.308 e. The number of likely N-dealkylation sites (tertiary alicyclic amines) is 1. The Bertz CT molecular complexity index is 837. The molecule has 3 fully saturated rings. The largest absolute Gasteiger partial charge is 0.481 e. The van der Waals surface area contributed by atoms with Gasteiger partial charge in [0, 0.05) is 17.3 Å². The molecular formula is C25H40N2O5S. The van der Waals surface area contributed by atoms with Gasteiger partial charge in [0.1, 0.15) is 6.04 Å². The zero-order chi connectivity index (χ0) is 25.1. The van der Waals surface area contributed by atoms with E-state index in [1.54, 1.807) is 13.0 Å². The third kappa shape index (κ3) is 4.01. The van der Waals surface area contributed by atoms with Gasteiger partial charge in [0.25, 0.3) is 0 Å². The normalized spacial score (nSPS) is 34.4. The van der Waals surface area contributed by atoms with E-state index in [2.05, 4.69) is 27.4 Å². The standard InChI is InChI=1S/C25H40N2O5S/c1-9-10-26(24(7,8)13-23(4,5)6)21(30)19-25-14(2)11-16(33-25)17(22(31)32)18(25)20(29)27(19)15(3)12-28/h9,14-19,28H,1,10-13H2,2-8H3,(H,31,32)/t14?,15-,16-,17+,18+,19?,25?/m1/s1. The van der Waals surface area contributed by atoms with E-state index in [0.29, 0.717) is 13.0 Å². The van der Waals surface area contributed by atoms with E-state index in [4.69, 9.17) is 0 Å². The van der Waals surface area contributed by atoms with E-state index in [-0.39, 0.29) is 35.0 Å². The summed E-state index contributed by atoms with van der Waals surface area (Å²) in [6.45, 7) is 18.2. The van der Waals surface area contributed by atoms with Crippen molar-refractivity contribution < 1.29 is 24.6 Å². The number of carboxylic acid groups (broad SMARTS) is 1. The first kappa shape index (κ1) is 26.1. The number of carbonyl (C=O) groups is 3. The fraction of sp³-hybridized carbons (Fsp3) is 0.800. The van der Waals surface area contributed by atoms with Gasteiger partial charge in [-0.2, -0.15) is 0 Å². The summed E-state index contributed by atoms with van der Waals surface area (Å²) in [5.41, 5.74) is -0.540. The van der Waals surface area contributed by atoms with Crippen molar-refractivity contribution in [2.75, 3.05) is 13.2 Å². The molecule has 2 amide bonds. The van der Waals surface area contributed by atoms with Gasteiger partial charge in [-0.1, -0.05) is 33.8 Å². The van der Waals surface area contributed by atoms with Gasteiger partial charge in [-0.05, 0) is 44.9 Å². The maximum atomic E-state index is 14.4. The molecule has 0 aromatic heterocycles. The number of hydrogen-bond acceptors (Lipinski definition) is 5. The van der Waals surface area contributed by atoms with Crippen molar-refractivity contribution in [3.8, 4) is 0 Å². The van der Waals surface area contributed by atoms with Crippen molar-refractivity contribution in [2.24, 2.45) is 23.2 Å². The number of fused-ring (bicyclic) bond motifs is 1. The fourth-order valence-corrected chi connectivity index (χ4v) is 9.28. The smallest absolute Gasteiger partial charge is 0.308 e. The Morgan fingerprint density at radius 1 is 1.33 bits per heavy atom. The van der Waals surface area contributed by atoms with E-state index < -0.39 is 40.2 Å². The Kier molecular flexibility index (Phi) is 6.79. The summed E-state index contributed by atoms with van der Waals surface area (Å²) in [7, 11) is 0. The van der Waals surface area contributed by atoms with Crippen molar-refractivity contribution in [3.63, 3.8) is 0 Å². The van der Waals surface area contributed by atoms with Gasteiger partial charge < -0.3 is 20.0 Å². The molecule has 186 valence electrons. The number of rotatable bonds is 8. The van der Waals surface area contributed by atoms with Crippen molar-refractivity contribution in [1.29, 1.82) is 0 Å². The molecule has 0 saturated carbocycles. The number of thioether (sulfide) groups is 1. The molecule has 3 aliphatic heterocycles. The molecular weight excluding hydrogens is 440 g/mol. The number of aliphatic carboxylic acids is 1. The lowest BCUT2D eigenvalue weighted by atomic mass is 9.66.